The molecule has 1 heterocycles. The van der Waals surface area contributed by atoms with Crippen molar-refractivity contribution < 1.29 is 17.9 Å². The number of carbonyl (C=O) groups is 1. The van der Waals surface area contributed by atoms with Gasteiger partial charge in [-0.05, 0) is 57.4 Å². The van der Waals surface area contributed by atoms with Crippen LogP contribution >= 0.6 is 0 Å². The quantitative estimate of drug-likeness (QED) is 0.774. The Bertz CT molecular complexity index is 682. The summed E-state index contributed by atoms with van der Waals surface area (Å²) in [5, 5.41) is -0.459. The number of piperidine rings is 1. The minimum atomic E-state index is -3.31. The monoisotopic (exact) mass is 339 g/mol. The third-order valence-corrected chi connectivity index (χ3v) is 6.65. The molecular formula is C17H25NO4S. The minimum absolute atomic E-state index is 0.0220. The van der Waals surface area contributed by atoms with Crippen molar-refractivity contribution >= 4 is 15.8 Å². The van der Waals surface area contributed by atoms with Gasteiger partial charge in [-0.15, -0.1) is 0 Å². The van der Waals surface area contributed by atoms with Gasteiger partial charge in [-0.1, -0.05) is 0 Å². The number of hydrogen-bond donors (Lipinski definition) is 0. The standard InChI is InChI=1S/C17H25NO4S/c1-12(2)23(20,21)18-9-5-6-14(11-18)17(19)16-8-7-15(22-4)10-13(16)3/h7-8,10,12,14H,5-6,9,11H2,1-4H3/t14-/m1/s1. The Hall–Kier alpha value is -1.40. The summed E-state index contributed by atoms with van der Waals surface area (Å²) < 4.78 is 31.3. The van der Waals surface area contributed by atoms with Crippen molar-refractivity contribution in [3.63, 3.8) is 0 Å². The van der Waals surface area contributed by atoms with Crippen molar-refractivity contribution in [3.8, 4) is 5.75 Å². The molecule has 0 N–H and O–H groups in total. The summed E-state index contributed by atoms with van der Waals surface area (Å²) >= 11 is 0. The molecule has 0 aromatic heterocycles. The van der Waals surface area contributed by atoms with Crippen LogP contribution in [0.2, 0.25) is 0 Å². The van der Waals surface area contributed by atoms with Crippen LogP contribution in [-0.2, 0) is 10.0 Å². The highest BCUT2D eigenvalue weighted by molar-refractivity contribution is 7.89. The highest BCUT2D eigenvalue weighted by atomic mass is 32.2. The highest BCUT2D eigenvalue weighted by Gasteiger charge is 2.34. The lowest BCUT2D eigenvalue weighted by molar-refractivity contribution is 0.0871. The van der Waals surface area contributed by atoms with Crippen LogP contribution in [0.5, 0.6) is 5.75 Å². The Morgan fingerprint density at radius 2 is 2.04 bits per heavy atom. The molecule has 0 aliphatic carbocycles. The van der Waals surface area contributed by atoms with Crippen molar-refractivity contribution in [2.24, 2.45) is 5.92 Å². The van der Waals surface area contributed by atoms with E-state index in [2.05, 4.69) is 0 Å². The van der Waals surface area contributed by atoms with Gasteiger partial charge < -0.3 is 4.74 Å². The largest absolute Gasteiger partial charge is 0.497 e. The summed E-state index contributed by atoms with van der Waals surface area (Å²) in [6.07, 6.45) is 1.45. The number of ether oxygens (including phenoxy) is 1. The van der Waals surface area contributed by atoms with Gasteiger partial charge in [0.2, 0.25) is 10.0 Å². The molecule has 1 aromatic carbocycles. The van der Waals surface area contributed by atoms with E-state index in [1.807, 2.05) is 13.0 Å². The summed E-state index contributed by atoms with van der Waals surface area (Å²) in [6, 6.07) is 5.37. The van der Waals surface area contributed by atoms with E-state index in [0.29, 0.717) is 17.9 Å². The molecule has 1 aromatic rings. The van der Waals surface area contributed by atoms with Crippen LogP contribution in [-0.4, -0.2) is 44.0 Å². The van der Waals surface area contributed by atoms with Crippen LogP contribution in [0.3, 0.4) is 0 Å². The molecular weight excluding hydrogens is 314 g/mol. The molecule has 1 atom stereocenters. The fourth-order valence-corrected chi connectivity index (χ4v) is 4.31. The first kappa shape index (κ1) is 17.9. The highest BCUT2D eigenvalue weighted by Crippen LogP contribution is 2.26. The SMILES string of the molecule is COc1ccc(C(=O)[C@@H]2CCCN(S(=O)(=O)C(C)C)C2)c(C)c1. The Labute approximate surface area is 138 Å². The lowest BCUT2D eigenvalue weighted by Gasteiger charge is -2.32. The van der Waals surface area contributed by atoms with Gasteiger partial charge in [-0.3, -0.25) is 4.79 Å². The van der Waals surface area contributed by atoms with Gasteiger partial charge in [0, 0.05) is 24.6 Å². The predicted octanol–water partition coefficient (Wildman–Crippen LogP) is 2.64. The molecule has 0 amide bonds. The predicted molar refractivity (Wildman–Crippen MR) is 90.4 cm³/mol. The van der Waals surface area contributed by atoms with E-state index in [0.717, 1.165) is 18.4 Å². The molecule has 2 rings (SSSR count). The topological polar surface area (TPSA) is 63.7 Å². The number of aryl methyl sites for hydroxylation is 1. The van der Waals surface area contributed by atoms with E-state index < -0.39 is 15.3 Å². The van der Waals surface area contributed by atoms with Crippen LogP contribution in [0.4, 0.5) is 0 Å². The third-order valence-electron chi connectivity index (χ3n) is 4.41. The fourth-order valence-electron chi connectivity index (χ4n) is 2.95. The van der Waals surface area contributed by atoms with E-state index in [9.17, 15) is 13.2 Å². The van der Waals surface area contributed by atoms with Crippen molar-refractivity contribution in [2.75, 3.05) is 20.2 Å². The fraction of sp³-hybridized carbons (Fsp3) is 0.588. The molecule has 0 unspecified atom stereocenters. The number of methoxy groups -OCH3 is 1. The van der Waals surface area contributed by atoms with Crippen LogP contribution < -0.4 is 4.74 Å². The van der Waals surface area contributed by atoms with Crippen LogP contribution in [0.1, 0.15) is 42.6 Å². The van der Waals surface area contributed by atoms with Crippen LogP contribution in [0, 0.1) is 12.8 Å². The zero-order valence-electron chi connectivity index (χ0n) is 14.2. The maximum Gasteiger partial charge on any atom is 0.216 e. The van der Waals surface area contributed by atoms with Gasteiger partial charge in [0.15, 0.2) is 5.78 Å². The van der Waals surface area contributed by atoms with E-state index in [1.54, 1.807) is 33.1 Å². The summed E-state index contributed by atoms with van der Waals surface area (Å²) in [5.41, 5.74) is 1.51. The molecule has 0 radical (unpaired) electrons. The number of nitrogens with zero attached hydrogens (tertiary/aromatic N) is 1. The van der Waals surface area contributed by atoms with E-state index in [-0.39, 0.29) is 18.2 Å². The van der Waals surface area contributed by atoms with Crippen LogP contribution in [0.15, 0.2) is 18.2 Å². The average molecular weight is 339 g/mol. The molecule has 5 nitrogen and oxygen atoms in total. The second-order valence-electron chi connectivity index (χ2n) is 6.34. The molecule has 1 saturated heterocycles. The molecule has 1 aliphatic heterocycles. The molecule has 0 spiro atoms. The summed E-state index contributed by atoms with van der Waals surface area (Å²) in [5.74, 6) is 0.463. The van der Waals surface area contributed by atoms with Gasteiger partial charge in [0.1, 0.15) is 5.75 Å². The molecule has 128 valence electrons. The number of hydrogen-bond acceptors (Lipinski definition) is 4. The lowest BCUT2D eigenvalue weighted by Crippen LogP contribution is -2.45. The third kappa shape index (κ3) is 3.75. The second kappa shape index (κ2) is 7.01. The van der Waals surface area contributed by atoms with Crippen molar-refractivity contribution in [3.05, 3.63) is 29.3 Å². The molecule has 6 heteroatoms. The van der Waals surface area contributed by atoms with Crippen LogP contribution in [0.25, 0.3) is 0 Å². The average Bonchev–Trinajstić information content (AvgIpc) is 2.54. The van der Waals surface area contributed by atoms with Gasteiger partial charge >= 0.3 is 0 Å². The van der Waals surface area contributed by atoms with E-state index in [4.69, 9.17) is 4.74 Å². The summed E-state index contributed by atoms with van der Waals surface area (Å²) in [4.78, 5) is 12.8. The first-order valence-corrected chi connectivity index (χ1v) is 9.45. The second-order valence-corrected chi connectivity index (χ2v) is 8.83. The number of carbonyl (C=O) groups excluding carboxylic acids is 1. The zero-order chi connectivity index (χ0) is 17.2. The lowest BCUT2D eigenvalue weighted by atomic mass is 9.89. The van der Waals surface area contributed by atoms with Crippen molar-refractivity contribution in [1.29, 1.82) is 0 Å². The summed E-state index contributed by atoms with van der Waals surface area (Å²) in [6.45, 7) is 6.01. The number of Topliss-reactive ketones (excluding diaryl/α,β-unsaturated/α-hetero) is 1. The first-order valence-electron chi connectivity index (χ1n) is 7.95. The molecule has 0 saturated carbocycles. The maximum atomic E-state index is 12.8. The van der Waals surface area contributed by atoms with Crippen molar-refractivity contribution in [2.45, 2.75) is 38.9 Å². The van der Waals surface area contributed by atoms with Gasteiger partial charge in [0.25, 0.3) is 0 Å². The molecule has 0 bridgehead atoms. The Balaban J connectivity index is 2.20. The molecule has 1 aliphatic rings. The smallest absolute Gasteiger partial charge is 0.216 e. The van der Waals surface area contributed by atoms with E-state index >= 15 is 0 Å². The van der Waals surface area contributed by atoms with Crippen molar-refractivity contribution in [1.82, 2.24) is 4.31 Å². The normalized spacial score (nSPS) is 19.8. The number of rotatable bonds is 5. The number of benzene rings is 1. The van der Waals surface area contributed by atoms with Gasteiger partial charge in [-0.2, -0.15) is 0 Å². The van der Waals surface area contributed by atoms with Gasteiger partial charge in [0.05, 0.1) is 12.4 Å². The molecule has 23 heavy (non-hydrogen) atoms. The Morgan fingerprint density at radius 1 is 1.35 bits per heavy atom. The first-order chi connectivity index (χ1) is 10.8. The maximum absolute atomic E-state index is 12.8. The number of ketones is 1. The summed E-state index contributed by atoms with van der Waals surface area (Å²) in [7, 11) is -1.72. The minimum Gasteiger partial charge on any atom is -0.497 e. The van der Waals surface area contributed by atoms with E-state index in [1.165, 1.54) is 4.31 Å². The molecule has 1 fully saturated rings. The Morgan fingerprint density at radius 3 is 2.61 bits per heavy atom. The zero-order valence-corrected chi connectivity index (χ0v) is 15.0. The Kier molecular flexibility index (Phi) is 5.47. The number of sulfonamides is 1. The van der Waals surface area contributed by atoms with Gasteiger partial charge in [-0.25, -0.2) is 12.7 Å².